The van der Waals surface area contributed by atoms with Crippen LogP contribution in [-0.4, -0.2) is 30.0 Å². The molecule has 114 valence electrons. The quantitative estimate of drug-likeness (QED) is 0.873. The molecule has 1 saturated heterocycles. The van der Waals surface area contributed by atoms with Gasteiger partial charge in [0.05, 0.1) is 24.5 Å². The Bertz CT molecular complexity index is 634. The first-order valence-corrected chi connectivity index (χ1v) is 7.83. The Labute approximate surface area is 129 Å². The van der Waals surface area contributed by atoms with Gasteiger partial charge in [0, 0.05) is 6.54 Å². The molecule has 1 aromatic heterocycles. The number of hydrogen-bond donors (Lipinski definition) is 0. The van der Waals surface area contributed by atoms with E-state index in [1.165, 1.54) is 19.1 Å². The molecular formula is C18H19NO3. The van der Waals surface area contributed by atoms with Crippen LogP contribution in [-0.2, 0) is 4.74 Å². The molecule has 0 radical (unpaired) electrons. The first-order chi connectivity index (χ1) is 10.8. The van der Waals surface area contributed by atoms with Crippen molar-refractivity contribution < 1.29 is 13.9 Å². The van der Waals surface area contributed by atoms with E-state index in [0.717, 1.165) is 5.56 Å². The highest BCUT2D eigenvalue weighted by Gasteiger charge is 2.40. The summed E-state index contributed by atoms with van der Waals surface area (Å²) in [4.78, 5) is 14.5. The number of morpholine rings is 1. The van der Waals surface area contributed by atoms with Crippen LogP contribution in [0.2, 0.25) is 0 Å². The van der Waals surface area contributed by atoms with Crippen molar-refractivity contribution in [1.29, 1.82) is 0 Å². The molecule has 1 aliphatic heterocycles. The maximum Gasteiger partial charge on any atom is 0.257 e. The molecule has 2 aromatic rings. The topological polar surface area (TPSA) is 42.7 Å². The Hall–Kier alpha value is -2.07. The summed E-state index contributed by atoms with van der Waals surface area (Å²) < 4.78 is 11.3. The minimum absolute atomic E-state index is 0.0311. The Balaban J connectivity index is 1.57. The van der Waals surface area contributed by atoms with Gasteiger partial charge in [0.1, 0.15) is 12.4 Å². The molecule has 22 heavy (non-hydrogen) atoms. The van der Waals surface area contributed by atoms with Crippen LogP contribution in [0.5, 0.6) is 0 Å². The van der Waals surface area contributed by atoms with Crippen LogP contribution in [0.4, 0.5) is 0 Å². The van der Waals surface area contributed by atoms with Gasteiger partial charge in [-0.2, -0.15) is 0 Å². The van der Waals surface area contributed by atoms with Gasteiger partial charge in [0.25, 0.3) is 5.91 Å². The zero-order valence-corrected chi connectivity index (χ0v) is 12.4. The molecule has 2 atom stereocenters. The highest BCUT2D eigenvalue weighted by molar-refractivity contribution is 5.93. The van der Waals surface area contributed by atoms with E-state index < -0.39 is 0 Å². The predicted octanol–water partition coefficient (Wildman–Crippen LogP) is 3.27. The molecule has 4 nitrogen and oxygen atoms in total. The molecule has 4 rings (SSSR count). The number of amides is 1. The van der Waals surface area contributed by atoms with Gasteiger partial charge in [0.2, 0.25) is 0 Å². The summed E-state index contributed by atoms with van der Waals surface area (Å²) in [5, 5.41) is 0. The highest BCUT2D eigenvalue weighted by Crippen LogP contribution is 2.39. The lowest BCUT2D eigenvalue weighted by atomic mass is 10.0. The minimum Gasteiger partial charge on any atom is -0.472 e. The normalized spacial score (nSPS) is 25.2. The van der Waals surface area contributed by atoms with E-state index in [4.69, 9.17) is 9.15 Å². The molecule has 0 N–H and O–H groups in total. The zero-order valence-electron chi connectivity index (χ0n) is 12.4. The van der Waals surface area contributed by atoms with Crippen molar-refractivity contribution in [3.05, 3.63) is 60.1 Å². The third kappa shape index (κ3) is 2.66. The van der Waals surface area contributed by atoms with Crippen LogP contribution in [0.15, 0.2) is 53.3 Å². The Morgan fingerprint density at radius 2 is 1.91 bits per heavy atom. The average Bonchev–Trinajstić information content (AvgIpc) is 3.29. The van der Waals surface area contributed by atoms with Crippen LogP contribution >= 0.6 is 0 Å². The number of carbonyl (C=O) groups excluding carboxylic acids is 1. The summed E-state index contributed by atoms with van der Waals surface area (Å²) in [5.74, 6) is 0.634. The molecule has 2 fully saturated rings. The van der Waals surface area contributed by atoms with Crippen molar-refractivity contribution in [2.75, 3.05) is 13.1 Å². The number of benzene rings is 1. The second kappa shape index (κ2) is 5.61. The maximum atomic E-state index is 12.6. The summed E-state index contributed by atoms with van der Waals surface area (Å²) in [5.41, 5.74) is 1.75. The number of ether oxygens (including phenoxy) is 1. The Morgan fingerprint density at radius 3 is 2.59 bits per heavy atom. The molecule has 1 aliphatic carbocycles. The predicted molar refractivity (Wildman–Crippen MR) is 81.4 cm³/mol. The Kier molecular flexibility index (Phi) is 3.47. The van der Waals surface area contributed by atoms with Gasteiger partial charge in [-0.15, -0.1) is 0 Å². The molecule has 0 unspecified atom stereocenters. The van der Waals surface area contributed by atoms with Crippen LogP contribution in [0.3, 0.4) is 0 Å². The fourth-order valence-electron chi connectivity index (χ4n) is 3.10. The lowest BCUT2D eigenvalue weighted by Gasteiger charge is -2.38. The van der Waals surface area contributed by atoms with Crippen molar-refractivity contribution in [3.8, 4) is 0 Å². The fourth-order valence-corrected chi connectivity index (χ4v) is 3.10. The number of hydrogen-bond acceptors (Lipinski definition) is 3. The summed E-state index contributed by atoms with van der Waals surface area (Å²) in [6, 6.07) is 11.9. The largest absolute Gasteiger partial charge is 0.472 e. The van der Waals surface area contributed by atoms with E-state index >= 15 is 0 Å². The van der Waals surface area contributed by atoms with Crippen molar-refractivity contribution in [2.45, 2.75) is 25.0 Å². The van der Waals surface area contributed by atoms with Crippen LogP contribution in [0.1, 0.15) is 34.9 Å². The first kappa shape index (κ1) is 13.6. The Morgan fingerprint density at radius 1 is 1.09 bits per heavy atom. The number of nitrogens with zero attached hydrogens (tertiary/aromatic N) is 1. The third-order valence-electron chi connectivity index (χ3n) is 4.50. The summed E-state index contributed by atoms with van der Waals surface area (Å²) in [6.07, 6.45) is 5.58. The van der Waals surface area contributed by atoms with Crippen molar-refractivity contribution in [3.63, 3.8) is 0 Å². The van der Waals surface area contributed by atoms with Gasteiger partial charge in [-0.3, -0.25) is 4.79 Å². The van der Waals surface area contributed by atoms with Gasteiger partial charge in [-0.25, -0.2) is 0 Å². The molecule has 4 heteroatoms. The maximum absolute atomic E-state index is 12.6. The monoisotopic (exact) mass is 297 g/mol. The van der Waals surface area contributed by atoms with Crippen molar-refractivity contribution in [1.82, 2.24) is 4.90 Å². The summed E-state index contributed by atoms with van der Waals surface area (Å²) in [7, 11) is 0. The van der Waals surface area contributed by atoms with E-state index in [9.17, 15) is 4.79 Å². The highest BCUT2D eigenvalue weighted by atomic mass is 16.5. The number of carbonyl (C=O) groups is 1. The van der Waals surface area contributed by atoms with E-state index in [2.05, 4.69) is 12.1 Å². The second-order valence-corrected chi connectivity index (χ2v) is 6.13. The molecule has 1 aromatic carbocycles. The lowest BCUT2D eigenvalue weighted by molar-refractivity contribution is -0.0864. The van der Waals surface area contributed by atoms with E-state index in [1.54, 1.807) is 12.3 Å². The lowest BCUT2D eigenvalue weighted by Crippen LogP contribution is -2.47. The second-order valence-electron chi connectivity index (χ2n) is 6.13. The van der Waals surface area contributed by atoms with Crippen LogP contribution in [0, 0.1) is 5.92 Å². The van der Waals surface area contributed by atoms with Gasteiger partial charge >= 0.3 is 0 Å². The van der Waals surface area contributed by atoms with E-state index in [-0.39, 0.29) is 18.1 Å². The van der Waals surface area contributed by atoms with Crippen molar-refractivity contribution >= 4 is 5.91 Å². The van der Waals surface area contributed by atoms with Crippen molar-refractivity contribution in [2.24, 2.45) is 5.92 Å². The first-order valence-electron chi connectivity index (χ1n) is 7.83. The van der Waals surface area contributed by atoms with Crippen LogP contribution in [0.25, 0.3) is 0 Å². The SMILES string of the molecule is O=C(c1ccoc1)N1C[C@@H](c2ccccc2)O[C@@H](C2CC2)C1. The number of rotatable bonds is 3. The summed E-state index contributed by atoms with van der Waals surface area (Å²) >= 11 is 0. The standard InChI is InChI=1S/C18H19NO3/c20-18(15-8-9-21-12-15)19-10-16(13-4-2-1-3-5-13)22-17(11-19)14-6-7-14/h1-5,8-9,12,14,16-17H,6-7,10-11H2/t16-,17+/m0/s1. The van der Waals surface area contributed by atoms with Gasteiger partial charge < -0.3 is 14.1 Å². The molecular weight excluding hydrogens is 278 g/mol. The molecule has 2 aliphatic rings. The van der Waals surface area contributed by atoms with Gasteiger partial charge in [0.15, 0.2) is 0 Å². The minimum atomic E-state index is -0.0450. The molecule has 0 bridgehead atoms. The fraction of sp³-hybridized carbons (Fsp3) is 0.389. The molecule has 1 saturated carbocycles. The zero-order chi connectivity index (χ0) is 14.9. The molecule has 1 amide bonds. The smallest absolute Gasteiger partial charge is 0.257 e. The summed E-state index contributed by atoms with van der Waals surface area (Å²) in [6.45, 7) is 1.27. The molecule has 0 spiro atoms. The van der Waals surface area contributed by atoms with Crippen LogP contribution < -0.4 is 0 Å². The number of furan rings is 1. The van der Waals surface area contributed by atoms with Gasteiger partial charge in [-0.05, 0) is 30.4 Å². The average molecular weight is 297 g/mol. The molecule has 2 heterocycles. The van der Waals surface area contributed by atoms with Gasteiger partial charge in [-0.1, -0.05) is 30.3 Å². The van der Waals surface area contributed by atoms with E-state index in [1.807, 2.05) is 23.1 Å². The third-order valence-corrected chi connectivity index (χ3v) is 4.50. The van der Waals surface area contributed by atoms with E-state index in [0.29, 0.717) is 24.6 Å².